The van der Waals surface area contributed by atoms with E-state index in [1.807, 2.05) is 78.9 Å². The summed E-state index contributed by atoms with van der Waals surface area (Å²) in [6.07, 6.45) is 1.37. The maximum absolute atomic E-state index is 12.3. The minimum atomic E-state index is -0.582. The van der Waals surface area contributed by atoms with Crippen LogP contribution in [0.1, 0.15) is 66.8 Å². The van der Waals surface area contributed by atoms with Crippen LogP contribution in [-0.2, 0) is 32.2 Å². The molecule has 2 fully saturated rings. The van der Waals surface area contributed by atoms with Gasteiger partial charge in [0.05, 0.1) is 23.7 Å². The van der Waals surface area contributed by atoms with Crippen LogP contribution in [0, 0.1) is 10.1 Å². The highest BCUT2D eigenvalue weighted by molar-refractivity contribution is 5.76. The number of hydrogen-bond acceptors (Lipinski definition) is 10. The third kappa shape index (κ3) is 10.5. The molecule has 0 spiro atoms. The van der Waals surface area contributed by atoms with Gasteiger partial charge in [0.2, 0.25) is 11.8 Å². The summed E-state index contributed by atoms with van der Waals surface area (Å²) in [4.78, 5) is 38.8. The molecule has 0 unspecified atom stereocenters. The van der Waals surface area contributed by atoms with Crippen LogP contribution in [-0.4, -0.2) is 70.8 Å². The fraction of sp³-hybridized carbons (Fsp3) is 0.366. The number of nitro benzene ring substituents is 1. The molecule has 13 nitrogen and oxygen atoms in total. The van der Waals surface area contributed by atoms with E-state index in [1.54, 1.807) is 17.6 Å². The summed E-state index contributed by atoms with van der Waals surface area (Å²) in [5, 5.41) is 32.2. The molecule has 0 saturated carbocycles. The number of nitrogens with one attached hydrogen (secondary N) is 2. The second kappa shape index (κ2) is 18.7. The summed E-state index contributed by atoms with van der Waals surface area (Å²) in [5.41, 5.74) is 8.44. The number of aliphatic hydroxyl groups excluding tert-OH is 1. The summed E-state index contributed by atoms with van der Waals surface area (Å²) in [6.45, 7) is 4.38. The second-order valence-corrected chi connectivity index (χ2v) is 13.8. The van der Waals surface area contributed by atoms with E-state index in [4.69, 9.17) is 14.7 Å². The molecule has 0 aromatic heterocycles. The monoisotopic (exact) mass is 737 g/mol. The first-order valence-corrected chi connectivity index (χ1v) is 18.4. The third-order valence-corrected chi connectivity index (χ3v) is 9.99. The fourth-order valence-corrected chi connectivity index (χ4v) is 6.90. The van der Waals surface area contributed by atoms with Crippen molar-refractivity contribution in [3.05, 3.63) is 129 Å². The molecule has 0 radical (unpaired) electrons. The Kier molecular flexibility index (Phi) is 13.4. The van der Waals surface area contributed by atoms with Crippen LogP contribution >= 0.6 is 0 Å². The fourth-order valence-electron chi connectivity index (χ4n) is 6.90. The molecule has 284 valence electrons. The number of anilines is 1. The van der Waals surface area contributed by atoms with E-state index >= 15 is 0 Å². The predicted molar refractivity (Wildman–Crippen MR) is 202 cm³/mol. The van der Waals surface area contributed by atoms with Crippen LogP contribution in [0.5, 0.6) is 0 Å². The summed E-state index contributed by atoms with van der Waals surface area (Å²) < 4.78 is 13.2. The van der Waals surface area contributed by atoms with Gasteiger partial charge in [-0.05, 0) is 58.9 Å². The summed E-state index contributed by atoms with van der Waals surface area (Å²) in [7, 11) is 0. The van der Waals surface area contributed by atoms with E-state index in [2.05, 4.69) is 21.2 Å². The Labute approximate surface area is 314 Å². The number of carbonyl (C=O) groups is 2. The van der Waals surface area contributed by atoms with Crippen molar-refractivity contribution in [2.24, 2.45) is 0 Å². The van der Waals surface area contributed by atoms with E-state index in [-0.39, 0.29) is 41.8 Å². The van der Waals surface area contributed by atoms with Crippen molar-refractivity contribution in [3.8, 4) is 11.1 Å². The zero-order valence-corrected chi connectivity index (χ0v) is 30.1. The first kappa shape index (κ1) is 38.5. The molecule has 2 saturated heterocycles. The molecule has 13 heteroatoms. The van der Waals surface area contributed by atoms with E-state index in [0.717, 1.165) is 71.8 Å². The Morgan fingerprint density at radius 3 is 2.15 bits per heavy atom. The Hall–Kier alpha value is -5.18. The predicted octanol–water partition coefficient (Wildman–Crippen LogP) is 5.80. The molecule has 4 N–H and O–H groups in total. The smallest absolute Gasteiger partial charge is 0.269 e. The van der Waals surface area contributed by atoms with Gasteiger partial charge in [-0.2, -0.15) is 0 Å². The van der Waals surface area contributed by atoms with Crippen molar-refractivity contribution < 1.29 is 34.3 Å². The number of piperazine rings is 1. The minimum absolute atomic E-state index is 0.0229. The Bertz CT molecular complexity index is 1850. The molecule has 2 aliphatic rings. The lowest BCUT2D eigenvalue weighted by molar-refractivity contribution is -0.384. The molecule has 2 aliphatic heterocycles. The maximum Gasteiger partial charge on any atom is 0.269 e. The van der Waals surface area contributed by atoms with Crippen molar-refractivity contribution in [2.45, 2.75) is 63.8 Å². The molecule has 4 aromatic carbocycles. The summed E-state index contributed by atoms with van der Waals surface area (Å²) in [5.74, 6) is -0.546. The number of rotatable bonds is 15. The number of non-ortho nitro benzene ring substituents is 1. The van der Waals surface area contributed by atoms with Gasteiger partial charge in [0, 0.05) is 81.9 Å². The normalized spacial score (nSPS) is 18.9. The lowest BCUT2D eigenvalue weighted by Gasteiger charge is -2.41. The van der Waals surface area contributed by atoms with E-state index in [0.29, 0.717) is 32.2 Å². The minimum Gasteiger partial charge on any atom is -0.392 e. The number of hydroxylamine groups is 1. The molecular formula is C41H47N5O8. The molecule has 2 amide bonds. The molecule has 6 rings (SSSR count). The number of nitro groups is 1. The largest absolute Gasteiger partial charge is 0.392 e. The molecule has 4 aromatic rings. The number of nitrogens with zero attached hydrogens (tertiary/aromatic N) is 3. The number of benzene rings is 4. The van der Waals surface area contributed by atoms with Gasteiger partial charge < -0.3 is 24.8 Å². The van der Waals surface area contributed by atoms with Crippen LogP contribution in [0.4, 0.5) is 11.4 Å². The van der Waals surface area contributed by atoms with E-state index in [1.165, 1.54) is 0 Å². The van der Waals surface area contributed by atoms with Crippen LogP contribution in [0.3, 0.4) is 0 Å². The number of hydrogen-bond donors (Lipinski definition) is 4. The zero-order valence-electron chi connectivity index (χ0n) is 30.1. The number of amides is 2. The Balaban J connectivity index is 1.08. The van der Waals surface area contributed by atoms with Gasteiger partial charge in [-0.3, -0.25) is 29.8 Å². The van der Waals surface area contributed by atoms with Gasteiger partial charge in [0.1, 0.15) is 0 Å². The van der Waals surface area contributed by atoms with Crippen molar-refractivity contribution >= 4 is 23.2 Å². The van der Waals surface area contributed by atoms with Gasteiger partial charge >= 0.3 is 0 Å². The van der Waals surface area contributed by atoms with Crippen molar-refractivity contribution in [3.63, 3.8) is 0 Å². The molecule has 3 atom stereocenters. The molecule has 54 heavy (non-hydrogen) atoms. The summed E-state index contributed by atoms with van der Waals surface area (Å²) >= 11 is 0. The Morgan fingerprint density at radius 1 is 0.796 bits per heavy atom. The topological polar surface area (TPSA) is 167 Å². The summed E-state index contributed by atoms with van der Waals surface area (Å²) in [6, 6.07) is 30.8. The SMILES string of the molecule is O=C(CCCCC(=O)NCc1cccc(-c2ccc([C@@H]3O[C@H](CN4CCN(c5ccc([N+](=O)[O-])cc5)CC4)C[C@H](c4ccc(CO)cc4)O3)cc2)c1)NO. The third-order valence-electron chi connectivity index (χ3n) is 9.99. The van der Waals surface area contributed by atoms with Gasteiger partial charge in [-0.15, -0.1) is 0 Å². The highest BCUT2D eigenvalue weighted by Crippen LogP contribution is 2.39. The van der Waals surface area contributed by atoms with Crippen LogP contribution < -0.4 is 15.7 Å². The van der Waals surface area contributed by atoms with Gasteiger partial charge in [-0.1, -0.05) is 66.7 Å². The lowest BCUT2D eigenvalue weighted by Crippen LogP contribution is -2.49. The Morgan fingerprint density at radius 2 is 1.48 bits per heavy atom. The highest BCUT2D eigenvalue weighted by Gasteiger charge is 2.34. The molecule has 0 aliphatic carbocycles. The van der Waals surface area contributed by atoms with Crippen molar-refractivity contribution in [1.82, 2.24) is 15.7 Å². The van der Waals surface area contributed by atoms with Crippen molar-refractivity contribution in [2.75, 3.05) is 37.6 Å². The van der Waals surface area contributed by atoms with E-state index < -0.39 is 12.2 Å². The number of unbranched alkanes of at least 4 members (excludes halogenated alkanes) is 1. The average Bonchev–Trinajstić information content (AvgIpc) is 3.22. The second-order valence-electron chi connectivity index (χ2n) is 13.8. The van der Waals surface area contributed by atoms with Crippen molar-refractivity contribution in [1.29, 1.82) is 0 Å². The van der Waals surface area contributed by atoms with Crippen LogP contribution in [0.25, 0.3) is 11.1 Å². The molecule has 0 bridgehead atoms. The zero-order chi connectivity index (χ0) is 37.9. The van der Waals surface area contributed by atoms with Gasteiger partial charge in [0.15, 0.2) is 6.29 Å². The van der Waals surface area contributed by atoms with E-state index in [9.17, 15) is 24.8 Å². The lowest BCUT2D eigenvalue weighted by atomic mass is 9.98. The standard InChI is InChI=1S/C41H47N5O8/c47-28-29-8-10-32(11-9-29)38-25-37(27-44-20-22-45(23-21-44)35-16-18-36(19-17-35)46(51)52)53-41(54-38)33-14-12-31(13-15-33)34-5-3-4-30(24-34)26-42-39(48)6-1-2-7-40(49)43-50/h3-5,8-19,24,37-38,41,47,50H,1-2,6-7,20-23,25-28H2,(H,42,48)(H,43,49)/t37-,38+,41+/m0/s1. The maximum atomic E-state index is 12.3. The molecular weight excluding hydrogens is 690 g/mol. The quantitative estimate of drug-likeness (QED) is 0.0507. The first-order valence-electron chi connectivity index (χ1n) is 18.4. The van der Waals surface area contributed by atoms with Gasteiger partial charge in [0.25, 0.3) is 5.69 Å². The van der Waals surface area contributed by atoms with Crippen LogP contribution in [0.2, 0.25) is 0 Å². The first-order chi connectivity index (χ1) is 26.3. The number of carbonyl (C=O) groups excluding carboxylic acids is 2. The molecule has 2 heterocycles. The van der Waals surface area contributed by atoms with Gasteiger partial charge in [-0.25, -0.2) is 5.48 Å². The number of aliphatic hydroxyl groups is 1. The highest BCUT2D eigenvalue weighted by atomic mass is 16.7. The average molecular weight is 738 g/mol. The number of ether oxygens (including phenoxy) is 2. The van der Waals surface area contributed by atoms with Crippen LogP contribution in [0.15, 0.2) is 97.1 Å².